The van der Waals surface area contributed by atoms with Crippen LogP contribution in [0.2, 0.25) is 0 Å². The molecule has 33 heavy (non-hydrogen) atoms. The zero-order valence-corrected chi connectivity index (χ0v) is 18.7. The lowest BCUT2D eigenvalue weighted by Crippen LogP contribution is -2.71. The highest BCUT2D eigenvalue weighted by molar-refractivity contribution is 8.01. The second kappa shape index (κ2) is 9.00. The standard InChI is InChI=1S/C20H25N7O5S/c1-20(2)14(18(30)31)27-16(29)13(17(27)33-20)23-15(28)12(10-6-4-3-5-7-10)24-19(32)21-8-11-9-22-26-25-11/h3-7,9,12-14,17-18,30-31H,8H2,1-2H3,(H,23,28)(H2,21,24,32)(H,22,25,26)/t12-,13-,14+,17-/m1/s1. The van der Waals surface area contributed by atoms with E-state index in [1.807, 2.05) is 13.8 Å². The minimum atomic E-state index is -1.69. The Morgan fingerprint density at radius 2 is 2.00 bits per heavy atom. The fourth-order valence-corrected chi connectivity index (χ4v) is 5.77. The first-order valence-electron chi connectivity index (χ1n) is 10.3. The Morgan fingerprint density at radius 1 is 1.27 bits per heavy atom. The van der Waals surface area contributed by atoms with E-state index < -0.39 is 52.4 Å². The molecule has 13 heteroatoms. The van der Waals surface area contributed by atoms with Crippen molar-refractivity contribution in [1.29, 1.82) is 0 Å². The summed E-state index contributed by atoms with van der Waals surface area (Å²) in [4.78, 5) is 39.8. The normalized spacial score (nSPS) is 24.1. The Balaban J connectivity index is 1.45. The smallest absolute Gasteiger partial charge is 0.316 e. The van der Waals surface area contributed by atoms with Crippen molar-refractivity contribution in [2.24, 2.45) is 0 Å². The summed E-state index contributed by atoms with van der Waals surface area (Å²) >= 11 is 1.39. The van der Waals surface area contributed by atoms with Gasteiger partial charge in [0, 0.05) is 4.75 Å². The van der Waals surface area contributed by atoms with Crippen molar-refractivity contribution < 1.29 is 24.6 Å². The number of aromatic nitrogens is 3. The molecule has 2 aliphatic rings. The van der Waals surface area contributed by atoms with E-state index in [0.717, 1.165) is 0 Å². The first-order valence-corrected chi connectivity index (χ1v) is 11.2. The fraction of sp³-hybridized carbons (Fsp3) is 0.450. The molecule has 0 bridgehead atoms. The van der Waals surface area contributed by atoms with E-state index in [9.17, 15) is 24.6 Å². The number of aromatic amines is 1. The van der Waals surface area contributed by atoms with Crippen LogP contribution in [0.1, 0.15) is 31.1 Å². The molecule has 4 atom stereocenters. The van der Waals surface area contributed by atoms with Crippen molar-refractivity contribution in [3.8, 4) is 0 Å². The third-order valence-electron chi connectivity index (χ3n) is 5.66. The Hall–Kier alpha value is -3.16. The van der Waals surface area contributed by atoms with Crippen LogP contribution in [0.25, 0.3) is 0 Å². The van der Waals surface area contributed by atoms with E-state index in [4.69, 9.17) is 0 Å². The first-order chi connectivity index (χ1) is 15.7. The number of fused-ring (bicyclic) bond motifs is 1. The highest BCUT2D eigenvalue weighted by atomic mass is 32.2. The number of urea groups is 1. The van der Waals surface area contributed by atoms with Gasteiger partial charge >= 0.3 is 6.03 Å². The van der Waals surface area contributed by atoms with Crippen LogP contribution in [-0.2, 0) is 16.1 Å². The predicted octanol–water partition coefficient (Wildman–Crippen LogP) is -0.797. The van der Waals surface area contributed by atoms with Crippen molar-refractivity contribution in [3.05, 3.63) is 47.8 Å². The number of hydrogen-bond donors (Lipinski definition) is 6. The van der Waals surface area contributed by atoms with Gasteiger partial charge < -0.3 is 31.1 Å². The molecule has 0 saturated carbocycles. The number of H-pyrrole nitrogens is 1. The summed E-state index contributed by atoms with van der Waals surface area (Å²) in [7, 11) is 0. The van der Waals surface area contributed by atoms with E-state index in [1.54, 1.807) is 30.3 Å². The van der Waals surface area contributed by atoms with E-state index in [1.165, 1.54) is 22.9 Å². The van der Waals surface area contributed by atoms with Crippen LogP contribution < -0.4 is 16.0 Å². The number of nitrogens with zero attached hydrogens (tertiary/aromatic N) is 3. The van der Waals surface area contributed by atoms with Crippen LogP contribution in [0.3, 0.4) is 0 Å². The molecule has 176 valence electrons. The van der Waals surface area contributed by atoms with Gasteiger partial charge in [0.05, 0.1) is 18.8 Å². The monoisotopic (exact) mass is 475 g/mol. The maximum atomic E-state index is 13.2. The van der Waals surface area contributed by atoms with Crippen molar-refractivity contribution in [3.63, 3.8) is 0 Å². The maximum Gasteiger partial charge on any atom is 0.316 e. The Kier molecular flexibility index (Phi) is 6.28. The van der Waals surface area contributed by atoms with E-state index >= 15 is 0 Å². The topological polar surface area (TPSA) is 173 Å². The molecule has 0 spiro atoms. The average molecular weight is 476 g/mol. The van der Waals surface area contributed by atoms with Crippen LogP contribution in [0.15, 0.2) is 36.5 Å². The molecule has 4 amide bonds. The number of amides is 4. The van der Waals surface area contributed by atoms with Gasteiger partial charge in [-0.3, -0.25) is 9.59 Å². The Bertz CT molecular complexity index is 1020. The summed E-state index contributed by atoms with van der Waals surface area (Å²) in [5.74, 6) is -0.950. The minimum absolute atomic E-state index is 0.111. The van der Waals surface area contributed by atoms with Crippen LogP contribution >= 0.6 is 11.8 Å². The largest absolute Gasteiger partial charge is 0.366 e. The summed E-state index contributed by atoms with van der Waals surface area (Å²) in [6.45, 7) is 3.75. The molecule has 2 fully saturated rings. The van der Waals surface area contributed by atoms with Crippen LogP contribution in [0, 0.1) is 0 Å². The van der Waals surface area contributed by atoms with E-state index in [0.29, 0.717) is 11.3 Å². The molecule has 1 aromatic heterocycles. The maximum absolute atomic E-state index is 13.2. The predicted molar refractivity (Wildman–Crippen MR) is 117 cm³/mol. The third-order valence-corrected chi connectivity index (χ3v) is 7.25. The van der Waals surface area contributed by atoms with Crippen molar-refractivity contribution in [2.75, 3.05) is 0 Å². The number of nitrogens with one attached hydrogen (secondary N) is 4. The van der Waals surface area contributed by atoms with Gasteiger partial charge in [-0.2, -0.15) is 15.4 Å². The highest BCUT2D eigenvalue weighted by Gasteiger charge is 2.63. The molecule has 0 aliphatic carbocycles. The fourth-order valence-electron chi connectivity index (χ4n) is 4.10. The van der Waals surface area contributed by atoms with Gasteiger partial charge in [0.2, 0.25) is 11.8 Å². The molecule has 2 aliphatic heterocycles. The van der Waals surface area contributed by atoms with Crippen molar-refractivity contribution in [1.82, 2.24) is 36.3 Å². The number of hydrogen-bond acceptors (Lipinski definition) is 8. The summed E-state index contributed by atoms with van der Waals surface area (Å²) in [5.41, 5.74) is 1.06. The number of aliphatic hydroxyl groups excluding tert-OH is 1. The second-order valence-electron chi connectivity index (χ2n) is 8.33. The van der Waals surface area contributed by atoms with Crippen molar-refractivity contribution in [2.45, 2.75) is 54.9 Å². The zero-order valence-electron chi connectivity index (χ0n) is 17.9. The molecule has 12 nitrogen and oxygen atoms in total. The molecule has 4 rings (SSSR count). The quantitative estimate of drug-likeness (QED) is 0.223. The van der Waals surface area contributed by atoms with E-state index in [-0.39, 0.29) is 6.54 Å². The molecule has 3 heterocycles. The SMILES string of the molecule is CC1(C)S[C@@H]2[C@H](NC(=O)[C@H](NC(=O)NCc3cn[nH]n3)c3ccccc3)C(=O)N2[C@H]1C(O)O. The molecule has 0 unspecified atom stereocenters. The summed E-state index contributed by atoms with van der Waals surface area (Å²) in [5, 5.41) is 37.0. The van der Waals surface area contributed by atoms with Gasteiger partial charge in [0.25, 0.3) is 0 Å². The number of benzene rings is 1. The van der Waals surface area contributed by atoms with Gasteiger partial charge in [-0.1, -0.05) is 30.3 Å². The third kappa shape index (κ3) is 4.51. The van der Waals surface area contributed by atoms with Crippen molar-refractivity contribution >= 4 is 29.6 Å². The number of β-lactam (4-membered cyclic amide) rings is 1. The van der Waals surface area contributed by atoms with E-state index in [2.05, 4.69) is 31.4 Å². The number of thioether (sulfide) groups is 1. The summed E-state index contributed by atoms with van der Waals surface area (Å²) in [6, 6.07) is 5.40. The number of rotatable bonds is 7. The lowest BCUT2D eigenvalue weighted by Gasteiger charge is -2.45. The van der Waals surface area contributed by atoms with Gasteiger partial charge in [-0.05, 0) is 19.4 Å². The lowest BCUT2D eigenvalue weighted by molar-refractivity contribution is -0.167. The van der Waals surface area contributed by atoms with Gasteiger partial charge in [-0.25, -0.2) is 4.79 Å². The first kappa shape index (κ1) is 23.0. The van der Waals surface area contributed by atoms with Gasteiger partial charge in [0.15, 0.2) is 6.29 Å². The highest BCUT2D eigenvalue weighted by Crippen LogP contribution is 2.51. The van der Waals surface area contributed by atoms with Gasteiger partial charge in [0.1, 0.15) is 23.2 Å². The summed E-state index contributed by atoms with van der Waals surface area (Å²) < 4.78 is -0.605. The van der Waals surface area contributed by atoms with Crippen LogP contribution in [0.4, 0.5) is 4.79 Å². The molecule has 2 saturated heterocycles. The molecule has 2 aromatic rings. The second-order valence-corrected chi connectivity index (χ2v) is 10.1. The Labute approximate surface area is 193 Å². The Morgan fingerprint density at radius 3 is 2.64 bits per heavy atom. The molecular formula is C20H25N7O5S. The molecular weight excluding hydrogens is 450 g/mol. The molecule has 0 radical (unpaired) electrons. The molecule has 6 N–H and O–H groups in total. The number of carbonyl (C=O) groups is 3. The lowest BCUT2D eigenvalue weighted by atomic mass is 9.95. The minimum Gasteiger partial charge on any atom is -0.366 e. The number of aliphatic hydroxyl groups is 2. The zero-order chi connectivity index (χ0) is 23.8. The van der Waals surface area contributed by atoms with Crippen LogP contribution in [-0.4, -0.2) is 76.9 Å². The number of carbonyl (C=O) groups excluding carboxylic acids is 3. The average Bonchev–Trinajstić information content (AvgIpc) is 3.38. The van der Waals surface area contributed by atoms with Crippen LogP contribution in [0.5, 0.6) is 0 Å². The summed E-state index contributed by atoms with van der Waals surface area (Å²) in [6.07, 6.45) is -0.224. The molecule has 1 aromatic carbocycles. The van der Waals surface area contributed by atoms with Gasteiger partial charge in [-0.15, -0.1) is 11.8 Å².